The van der Waals surface area contributed by atoms with Gasteiger partial charge in [-0.05, 0) is 50.3 Å². The number of piperidine rings is 1. The minimum atomic E-state index is -0.889. The molecule has 0 aromatic heterocycles. The van der Waals surface area contributed by atoms with Gasteiger partial charge in [0, 0.05) is 31.2 Å². The van der Waals surface area contributed by atoms with E-state index < -0.39 is 16.8 Å². The van der Waals surface area contributed by atoms with E-state index in [1.807, 2.05) is 6.07 Å². The monoisotopic (exact) mass is 429 g/mol. The fourth-order valence-corrected chi connectivity index (χ4v) is 7.77. The normalized spacial score (nSPS) is 41.9. The minimum absolute atomic E-state index is 0.0437. The van der Waals surface area contributed by atoms with Gasteiger partial charge < -0.3 is 28.8 Å². The summed E-state index contributed by atoms with van der Waals surface area (Å²) in [5.74, 6) is 0.736. The summed E-state index contributed by atoms with van der Waals surface area (Å²) in [6, 6.07) is 4.22. The first-order valence-electron chi connectivity index (χ1n) is 11.8. The molecule has 4 fully saturated rings. The fourth-order valence-electron chi connectivity index (χ4n) is 7.77. The number of hydrogen-bond donors (Lipinski definition) is 1. The summed E-state index contributed by atoms with van der Waals surface area (Å²) in [7, 11) is 1.68. The molecule has 0 amide bonds. The lowest BCUT2D eigenvalue weighted by molar-refractivity contribution is -0.297. The Kier molecular flexibility index (Phi) is 3.92. The maximum atomic E-state index is 12.5. The van der Waals surface area contributed by atoms with Crippen molar-refractivity contribution < 1.29 is 28.8 Å². The largest absolute Gasteiger partial charge is 0.493 e. The van der Waals surface area contributed by atoms with Crippen molar-refractivity contribution in [3.8, 4) is 11.5 Å². The highest BCUT2D eigenvalue weighted by molar-refractivity contribution is 5.63. The van der Waals surface area contributed by atoms with E-state index in [9.17, 15) is 5.11 Å². The van der Waals surface area contributed by atoms with Crippen LogP contribution in [0, 0.1) is 0 Å². The van der Waals surface area contributed by atoms with Crippen LogP contribution in [-0.4, -0.2) is 79.7 Å². The van der Waals surface area contributed by atoms with Crippen LogP contribution in [0.25, 0.3) is 0 Å². The van der Waals surface area contributed by atoms with Gasteiger partial charge >= 0.3 is 0 Å². The maximum absolute atomic E-state index is 12.5. The third kappa shape index (κ3) is 2.22. The lowest BCUT2D eigenvalue weighted by Gasteiger charge is -2.65. The number of fused-ring (bicyclic) bond motifs is 1. The summed E-state index contributed by atoms with van der Waals surface area (Å²) < 4.78 is 30.8. The molecular weight excluding hydrogens is 398 g/mol. The summed E-state index contributed by atoms with van der Waals surface area (Å²) >= 11 is 0. The first-order valence-corrected chi connectivity index (χ1v) is 11.8. The molecule has 1 saturated carbocycles. The van der Waals surface area contributed by atoms with Crippen molar-refractivity contribution >= 4 is 0 Å². The minimum Gasteiger partial charge on any atom is -0.493 e. The van der Waals surface area contributed by atoms with Gasteiger partial charge in [-0.3, -0.25) is 4.90 Å². The van der Waals surface area contributed by atoms with Gasteiger partial charge in [-0.15, -0.1) is 0 Å². The molecule has 7 rings (SSSR count). The molecule has 2 spiro atoms. The molecule has 2 aliphatic carbocycles. The van der Waals surface area contributed by atoms with Gasteiger partial charge in [-0.1, -0.05) is 6.07 Å². The Labute approximate surface area is 182 Å². The Hall–Kier alpha value is -1.38. The van der Waals surface area contributed by atoms with E-state index in [4.69, 9.17) is 23.7 Å². The van der Waals surface area contributed by atoms with Crippen LogP contribution in [0.15, 0.2) is 12.1 Å². The molecule has 168 valence electrons. The van der Waals surface area contributed by atoms with Gasteiger partial charge in [-0.2, -0.15) is 0 Å². The van der Waals surface area contributed by atoms with Gasteiger partial charge in [-0.25, -0.2) is 0 Å². The highest BCUT2D eigenvalue weighted by Crippen LogP contribution is 2.68. The first kappa shape index (κ1) is 19.1. The molecule has 7 nitrogen and oxygen atoms in total. The van der Waals surface area contributed by atoms with Crippen molar-refractivity contribution in [2.45, 2.75) is 73.6 Å². The van der Waals surface area contributed by atoms with E-state index >= 15 is 0 Å². The second-order valence-electron chi connectivity index (χ2n) is 10.1. The molecule has 1 aromatic rings. The van der Waals surface area contributed by atoms with Crippen LogP contribution in [0.1, 0.15) is 43.2 Å². The summed E-state index contributed by atoms with van der Waals surface area (Å²) in [5, 5.41) is 12.5. The van der Waals surface area contributed by atoms with Gasteiger partial charge in [0.25, 0.3) is 0 Å². The van der Waals surface area contributed by atoms with E-state index in [2.05, 4.69) is 11.0 Å². The smallest absolute Gasteiger partial charge is 0.207 e. The summed E-state index contributed by atoms with van der Waals surface area (Å²) in [6.07, 6.45) is 5.09. The van der Waals surface area contributed by atoms with Gasteiger partial charge in [0.1, 0.15) is 0 Å². The van der Waals surface area contributed by atoms with Gasteiger partial charge in [0.05, 0.1) is 37.4 Å². The first-order chi connectivity index (χ1) is 15.1. The van der Waals surface area contributed by atoms with Crippen LogP contribution in [0.2, 0.25) is 0 Å². The number of benzene rings is 1. The average molecular weight is 430 g/mol. The maximum Gasteiger partial charge on any atom is 0.207 e. The molecule has 4 heterocycles. The average Bonchev–Trinajstić information content (AvgIpc) is 3.51. The van der Waals surface area contributed by atoms with Crippen LogP contribution in [-0.2, 0) is 26.0 Å². The van der Waals surface area contributed by atoms with Gasteiger partial charge in [0.15, 0.2) is 17.6 Å². The molecule has 2 bridgehead atoms. The zero-order valence-corrected chi connectivity index (χ0v) is 18.1. The molecule has 1 aromatic carbocycles. The van der Waals surface area contributed by atoms with Crippen molar-refractivity contribution in [1.82, 2.24) is 4.90 Å². The zero-order chi connectivity index (χ0) is 20.8. The third-order valence-electron chi connectivity index (χ3n) is 9.02. The van der Waals surface area contributed by atoms with E-state index in [0.717, 1.165) is 62.4 Å². The Morgan fingerprint density at radius 2 is 2.03 bits per heavy atom. The molecule has 31 heavy (non-hydrogen) atoms. The standard InChI is InChI=1S/C24H31NO6/c1-27-17-5-4-15-13-18-23(26)6-7-24(29-11-12-30-24)21-22(23,19(15)20(17)31-21)8-9-25(18)14-16-3-2-10-28-16/h4-5,16,18,21,26H,2-3,6-14H2,1H3/t16?,18-,21?,22+,23?/m0/s1. The zero-order valence-electron chi connectivity index (χ0n) is 18.1. The van der Waals surface area contributed by atoms with Crippen LogP contribution >= 0.6 is 0 Å². The predicted octanol–water partition coefficient (Wildman–Crippen LogP) is 1.77. The summed E-state index contributed by atoms with van der Waals surface area (Å²) in [5.41, 5.74) is 0.982. The van der Waals surface area contributed by atoms with Crippen LogP contribution < -0.4 is 9.47 Å². The van der Waals surface area contributed by atoms with Crippen LogP contribution in [0.3, 0.4) is 0 Å². The van der Waals surface area contributed by atoms with Crippen molar-refractivity contribution in [2.24, 2.45) is 0 Å². The lowest BCUT2D eigenvalue weighted by Crippen LogP contribution is -2.79. The number of rotatable bonds is 3. The molecule has 6 aliphatic rings. The molecular formula is C24H31NO6. The van der Waals surface area contributed by atoms with Crippen molar-refractivity contribution in [3.63, 3.8) is 0 Å². The number of ether oxygens (including phenoxy) is 5. The third-order valence-corrected chi connectivity index (χ3v) is 9.02. The van der Waals surface area contributed by atoms with Crippen molar-refractivity contribution in [3.05, 3.63) is 23.3 Å². The highest BCUT2D eigenvalue weighted by Gasteiger charge is 2.77. The van der Waals surface area contributed by atoms with Crippen molar-refractivity contribution in [1.29, 1.82) is 0 Å². The Bertz CT molecular complexity index is 910. The molecule has 1 N–H and O–H groups in total. The Balaban J connectivity index is 1.39. The van der Waals surface area contributed by atoms with E-state index in [1.54, 1.807) is 7.11 Å². The number of methoxy groups -OCH3 is 1. The quantitative estimate of drug-likeness (QED) is 0.785. The molecule has 4 aliphatic heterocycles. The number of aliphatic hydroxyl groups is 1. The number of nitrogens with zero attached hydrogens (tertiary/aromatic N) is 1. The topological polar surface area (TPSA) is 69.6 Å². The molecule has 0 radical (unpaired) electrons. The Morgan fingerprint density at radius 3 is 2.81 bits per heavy atom. The summed E-state index contributed by atoms with van der Waals surface area (Å²) in [4.78, 5) is 2.50. The number of hydrogen-bond acceptors (Lipinski definition) is 7. The van der Waals surface area contributed by atoms with Crippen molar-refractivity contribution in [2.75, 3.05) is 40.0 Å². The fraction of sp³-hybridized carbons (Fsp3) is 0.750. The second-order valence-corrected chi connectivity index (χ2v) is 10.1. The molecule has 7 heteroatoms. The van der Waals surface area contributed by atoms with Crippen LogP contribution in [0.4, 0.5) is 0 Å². The van der Waals surface area contributed by atoms with E-state index in [-0.39, 0.29) is 18.2 Å². The highest BCUT2D eigenvalue weighted by atomic mass is 16.8. The van der Waals surface area contributed by atoms with Crippen LogP contribution in [0.5, 0.6) is 11.5 Å². The van der Waals surface area contributed by atoms with E-state index in [0.29, 0.717) is 26.1 Å². The lowest BCUT2D eigenvalue weighted by atomic mass is 9.48. The summed E-state index contributed by atoms with van der Waals surface area (Å²) in [6.45, 7) is 3.81. The SMILES string of the molecule is COc1ccc2c3c1OC1C4(CCC5(O)[C@H](C2)N(CC2CCCO2)CC[C@@]315)OCCO4. The second kappa shape index (κ2) is 6.35. The predicted molar refractivity (Wildman–Crippen MR) is 111 cm³/mol. The molecule has 3 saturated heterocycles. The Morgan fingerprint density at radius 1 is 1.16 bits per heavy atom. The van der Waals surface area contributed by atoms with Gasteiger partial charge in [0.2, 0.25) is 5.79 Å². The van der Waals surface area contributed by atoms with E-state index in [1.165, 1.54) is 5.56 Å². The molecule has 3 unspecified atom stereocenters. The molecule has 5 atom stereocenters. The number of likely N-dealkylation sites (tertiary alicyclic amines) is 1.